The molecule has 32 heavy (non-hydrogen) atoms. The second kappa shape index (κ2) is 8.06. The van der Waals surface area contributed by atoms with Crippen LogP contribution >= 0.6 is 0 Å². The van der Waals surface area contributed by atoms with Crippen LogP contribution in [0.3, 0.4) is 0 Å². The van der Waals surface area contributed by atoms with E-state index in [1.165, 1.54) is 49.9 Å². The molecule has 0 spiro atoms. The maximum atomic E-state index is 2.37. The Labute approximate surface area is 192 Å². The van der Waals surface area contributed by atoms with Gasteiger partial charge < -0.3 is 0 Å². The van der Waals surface area contributed by atoms with Gasteiger partial charge in [0.2, 0.25) is 0 Å². The van der Waals surface area contributed by atoms with E-state index in [0.29, 0.717) is 5.92 Å². The summed E-state index contributed by atoms with van der Waals surface area (Å²) < 4.78 is 0. The molecule has 0 bridgehead atoms. The standard InChI is InChI=1S/C31H29B/c1-21(23-13-7-5-8-14-23)29-28(32-22(2)24-15-9-6-10-16-24)20-19-27-30(29)25-17-11-12-18-26(25)31(27,3)4/h5-21H,1-4H3. The van der Waals surface area contributed by atoms with E-state index in [0.717, 1.165) is 0 Å². The molecule has 1 unspecified atom stereocenters. The summed E-state index contributed by atoms with van der Waals surface area (Å²) in [5, 5.41) is 0. The van der Waals surface area contributed by atoms with Gasteiger partial charge in [-0.15, -0.1) is 0 Å². The topological polar surface area (TPSA) is 0 Å². The first kappa shape index (κ1) is 20.7. The van der Waals surface area contributed by atoms with Crippen LogP contribution in [0, 0.1) is 0 Å². The molecule has 5 rings (SSSR count). The van der Waals surface area contributed by atoms with E-state index in [-0.39, 0.29) is 5.41 Å². The van der Waals surface area contributed by atoms with Gasteiger partial charge in [-0.2, -0.15) is 0 Å². The fourth-order valence-corrected chi connectivity index (χ4v) is 5.36. The monoisotopic (exact) mass is 412 g/mol. The number of hydrogen-bond acceptors (Lipinski definition) is 0. The summed E-state index contributed by atoms with van der Waals surface area (Å²) >= 11 is 0. The molecule has 0 fully saturated rings. The van der Waals surface area contributed by atoms with Crippen molar-refractivity contribution in [2.24, 2.45) is 0 Å². The summed E-state index contributed by atoms with van der Waals surface area (Å²) in [6.07, 6.45) is 0. The number of benzene rings is 4. The summed E-state index contributed by atoms with van der Waals surface area (Å²) in [5.74, 6) is 0.294. The Kier molecular flexibility index (Phi) is 5.21. The van der Waals surface area contributed by atoms with Gasteiger partial charge in [0.05, 0.1) is 0 Å². The van der Waals surface area contributed by atoms with Crippen molar-refractivity contribution in [3.63, 3.8) is 0 Å². The van der Waals surface area contributed by atoms with Crippen molar-refractivity contribution in [3.05, 3.63) is 125 Å². The summed E-state index contributed by atoms with van der Waals surface area (Å²) in [7, 11) is 0. The summed E-state index contributed by atoms with van der Waals surface area (Å²) in [4.78, 5) is 0. The van der Waals surface area contributed by atoms with Crippen LogP contribution in [0.2, 0.25) is 0 Å². The Hall–Kier alpha value is -3.19. The molecule has 0 saturated heterocycles. The minimum absolute atomic E-state index is 0.00774. The van der Waals surface area contributed by atoms with Gasteiger partial charge in [0.15, 0.2) is 0 Å². The van der Waals surface area contributed by atoms with Crippen molar-refractivity contribution in [1.82, 2.24) is 0 Å². The molecule has 0 aromatic heterocycles. The quantitative estimate of drug-likeness (QED) is 0.327. The minimum atomic E-state index is 0.00774. The van der Waals surface area contributed by atoms with Crippen molar-refractivity contribution in [2.75, 3.05) is 0 Å². The molecule has 1 aliphatic carbocycles. The summed E-state index contributed by atoms with van der Waals surface area (Å²) in [5.41, 5.74) is 12.3. The molecule has 1 aliphatic rings. The molecule has 1 heteroatoms. The fourth-order valence-electron chi connectivity index (χ4n) is 5.36. The van der Waals surface area contributed by atoms with Gasteiger partial charge in [0.25, 0.3) is 0 Å². The van der Waals surface area contributed by atoms with Crippen molar-refractivity contribution in [1.29, 1.82) is 0 Å². The Balaban J connectivity index is 1.79. The molecule has 0 amide bonds. The van der Waals surface area contributed by atoms with Gasteiger partial charge in [0, 0.05) is 0 Å². The average molecular weight is 412 g/mol. The Bertz CT molecular complexity index is 1300. The van der Waals surface area contributed by atoms with Crippen LogP contribution in [-0.2, 0) is 5.41 Å². The van der Waals surface area contributed by atoms with Gasteiger partial charge in [0.1, 0.15) is 0 Å². The zero-order chi connectivity index (χ0) is 22.3. The first-order chi connectivity index (χ1) is 15.5. The van der Waals surface area contributed by atoms with Crippen LogP contribution in [0.4, 0.5) is 0 Å². The van der Waals surface area contributed by atoms with E-state index in [1.807, 2.05) is 0 Å². The van der Waals surface area contributed by atoms with Crippen LogP contribution < -0.4 is 5.46 Å². The van der Waals surface area contributed by atoms with Crippen molar-refractivity contribution in [2.45, 2.75) is 39.0 Å². The third-order valence-electron chi connectivity index (χ3n) is 7.16. The molecule has 0 radical (unpaired) electrons. The molecular formula is C31H29B. The molecule has 0 heterocycles. The van der Waals surface area contributed by atoms with Gasteiger partial charge in [-0.25, -0.2) is 0 Å². The molecule has 0 saturated carbocycles. The van der Waals surface area contributed by atoms with E-state index in [9.17, 15) is 0 Å². The van der Waals surface area contributed by atoms with E-state index in [2.05, 4.69) is 132 Å². The van der Waals surface area contributed by atoms with E-state index in [4.69, 9.17) is 0 Å². The third kappa shape index (κ3) is 3.37. The molecule has 0 nitrogen and oxygen atoms in total. The Morgan fingerprint density at radius 3 is 2.06 bits per heavy atom. The second-order valence-electron chi connectivity index (χ2n) is 9.49. The predicted molar refractivity (Wildman–Crippen MR) is 140 cm³/mol. The summed E-state index contributed by atoms with van der Waals surface area (Å²) in [6.45, 7) is 11.7. The van der Waals surface area contributed by atoms with E-state index >= 15 is 0 Å². The number of fused-ring (bicyclic) bond motifs is 3. The first-order valence-corrected chi connectivity index (χ1v) is 11.5. The van der Waals surface area contributed by atoms with Crippen LogP contribution in [0.25, 0.3) is 11.1 Å². The fraction of sp³-hybridized carbons (Fsp3) is 0.194. The molecule has 156 valence electrons. The van der Waals surface area contributed by atoms with Crippen LogP contribution in [0.1, 0.15) is 61.4 Å². The Morgan fingerprint density at radius 2 is 1.34 bits per heavy atom. The van der Waals surface area contributed by atoms with Crippen molar-refractivity contribution in [3.8, 4) is 11.1 Å². The first-order valence-electron chi connectivity index (χ1n) is 11.5. The van der Waals surface area contributed by atoms with Gasteiger partial charge in [-0.3, -0.25) is 0 Å². The maximum absolute atomic E-state index is 2.37. The molecule has 4 aromatic carbocycles. The number of rotatable bonds is 4. The SMILES string of the molecule is CC(=Bc1ccc2c(c1C(C)c1ccccc1)-c1ccccc1C2(C)C)c1ccccc1. The average Bonchev–Trinajstić information content (AvgIpc) is 3.07. The second-order valence-corrected chi connectivity index (χ2v) is 9.49. The molecule has 4 aromatic rings. The molecular weight excluding hydrogens is 383 g/mol. The summed E-state index contributed by atoms with van der Waals surface area (Å²) in [6, 6.07) is 35.3. The molecule has 1 atom stereocenters. The van der Waals surface area contributed by atoms with Crippen LogP contribution in [0.15, 0.2) is 97.1 Å². The van der Waals surface area contributed by atoms with Crippen LogP contribution in [-0.4, -0.2) is 12.4 Å². The third-order valence-corrected chi connectivity index (χ3v) is 7.16. The molecule has 0 aliphatic heterocycles. The molecule has 0 N–H and O–H groups in total. The zero-order valence-corrected chi connectivity index (χ0v) is 19.4. The van der Waals surface area contributed by atoms with Crippen LogP contribution in [0.5, 0.6) is 0 Å². The van der Waals surface area contributed by atoms with Gasteiger partial charge in [-0.1, -0.05) is 0 Å². The number of hydrogen-bond donors (Lipinski definition) is 0. The van der Waals surface area contributed by atoms with Gasteiger partial charge >= 0.3 is 193 Å². The normalized spacial score (nSPS) is 14.9. The van der Waals surface area contributed by atoms with Crippen molar-refractivity contribution >= 4 is 17.8 Å². The van der Waals surface area contributed by atoms with Crippen molar-refractivity contribution < 1.29 is 0 Å². The predicted octanol–water partition coefficient (Wildman–Crippen LogP) is 6.71. The Morgan fingerprint density at radius 1 is 0.719 bits per heavy atom. The van der Waals surface area contributed by atoms with Gasteiger partial charge in [-0.05, 0) is 0 Å². The van der Waals surface area contributed by atoms with E-state index in [1.54, 1.807) is 0 Å². The van der Waals surface area contributed by atoms with E-state index < -0.39 is 0 Å². The zero-order valence-electron chi connectivity index (χ0n) is 19.4.